The second-order valence-electron chi connectivity index (χ2n) is 8.73. The summed E-state index contributed by atoms with van der Waals surface area (Å²) in [5, 5.41) is 0. The zero-order valence-electron chi connectivity index (χ0n) is 17.6. The van der Waals surface area contributed by atoms with Gasteiger partial charge in [0.15, 0.2) is 0 Å². The molecule has 3 rings (SSSR count). The third kappa shape index (κ3) is 6.06. The molecule has 1 aromatic rings. The van der Waals surface area contributed by atoms with Crippen LogP contribution in [0.5, 0.6) is 0 Å². The summed E-state index contributed by atoms with van der Waals surface area (Å²) >= 11 is 0. The highest BCUT2D eigenvalue weighted by atomic mass is 16.6. The molecule has 2 aliphatic rings. The van der Waals surface area contributed by atoms with Crippen molar-refractivity contribution in [1.82, 2.24) is 0 Å². The minimum absolute atomic E-state index is 0.115. The van der Waals surface area contributed by atoms with Gasteiger partial charge < -0.3 is 9.47 Å². The predicted molar refractivity (Wildman–Crippen MR) is 113 cm³/mol. The maximum atomic E-state index is 6.15. The molecule has 0 bridgehead atoms. The number of ether oxygens (including phenoxy) is 2. The van der Waals surface area contributed by atoms with Gasteiger partial charge in [0.25, 0.3) is 0 Å². The molecule has 0 spiro atoms. The highest BCUT2D eigenvalue weighted by Crippen LogP contribution is 2.40. The Balaban J connectivity index is 1.49. The molecule has 0 radical (unpaired) electrons. The van der Waals surface area contributed by atoms with Crippen LogP contribution in [-0.4, -0.2) is 19.3 Å². The van der Waals surface area contributed by atoms with Crippen molar-refractivity contribution in [2.24, 2.45) is 5.92 Å². The van der Waals surface area contributed by atoms with Gasteiger partial charge in [-0.2, -0.15) is 0 Å². The molecule has 1 heterocycles. The van der Waals surface area contributed by atoms with Crippen molar-refractivity contribution in [2.75, 3.05) is 13.2 Å². The molecule has 1 aliphatic heterocycles. The zero-order valence-corrected chi connectivity index (χ0v) is 17.6. The van der Waals surface area contributed by atoms with Crippen molar-refractivity contribution < 1.29 is 9.47 Å². The fourth-order valence-electron chi connectivity index (χ4n) is 5.02. The Bertz CT molecular complexity index is 514. The Morgan fingerprint density at radius 2 is 1.56 bits per heavy atom. The first-order chi connectivity index (χ1) is 13.3. The molecule has 152 valence electrons. The first kappa shape index (κ1) is 20.9. The molecular formula is C25H40O2. The quantitative estimate of drug-likeness (QED) is 0.427. The van der Waals surface area contributed by atoms with Crippen LogP contribution in [0, 0.1) is 5.92 Å². The third-order valence-electron chi connectivity index (χ3n) is 6.65. The summed E-state index contributed by atoms with van der Waals surface area (Å²) in [5.74, 6) is 1.65. The molecule has 27 heavy (non-hydrogen) atoms. The van der Waals surface area contributed by atoms with Gasteiger partial charge in [0.1, 0.15) is 6.10 Å². The van der Waals surface area contributed by atoms with Gasteiger partial charge in [-0.3, -0.25) is 0 Å². The lowest BCUT2D eigenvalue weighted by atomic mass is 9.73. The predicted octanol–water partition coefficient (Wildman–Crippen LogP) is 7.19. The van der Waals surface area contributed by atoms with Crippen LogP contribution in [0.1, 0.15) is 108 Å². The number of hydrogen-bond donors (Lipinski definition) is 0. The maximum Gasteiger partial charge on any atom is 0.106 e. The van der Waals surface area contributed by atoms with E-state index < -0.39 is 0 Å². The maximum absolute atomic E-state index is 6.15. The first-order valence-electron chi connectivity index (χ1n) is 11.6. The van der Waals surface area contributed by atoms with E-state index >= 15 is 0 Å². The summed E-state index contributed by atoms with van der Waals surface area (Å²) in [5.41, 5.74) is 2.83. The second-order valence-corrected chi connectivity index (χ2v) is 8.73. The topological polar surface area (TPSA) is 18.5 Å². The third-order valence-corrected chi connectivity index (χ3v) is 6.65. The standard InChI is InChI=1S/C25H40O2/c1-3-5-6-7-12-23-18-27-25(19-26-23)22-16-14-21(15-17-22)24-13-9-8-11-20(24)10-4-2/h14-17,20,23-25H,3-13,18-19H2,1-2H3. The van der Waals surface area contributed by atoms with E-state index in [4.69, 9.17) is 9.47 Å². The van der Waals surface area contributed by atoms with E-state index in [-0.39, 0.29) is 6.10 Å². The Morgan fingerprint density at radius 1 is 0.778 bits per heavy atom. The first-order valence-corrected chi connectivity index (χ1v) is 11.6. The Labute approximate surface area is 167 Å². The van der Waals surface area contributed by atoms with Gasteiger partial charge in [0.2, 0.25) is 0 Å². The average Bonchev–Trinajstić information content (AvgIpc) is 2.73. The summed E-state index contributed by atoms with van der Waals surface area (Å²) in [7, 11) is 0. The normalized spacial score (nSPS) is 29.0. The highest BCUT2D eigenvalue weighted by Gasteiger charge is 2.27. The van der Waals surface area contributed by atoms with Crippen LogP contribution in [0.15, 0.2) is 24.3 Å². The number of benzene rings is 1. The fraction of sp³-hybridized carbons (Fsp3) is 0.760. The van der Waals surface area contributed by atoms with Crippen molar-refractivity contribution in [3.8, 4) is 0 Å². The molecule has 1 aromatic carbocycles. The van der Waals surface area contributed by atoms with E-state index in [0.29, 0.717) is 12.7 Å². The van der Waals surface area contributed by atoms with Crippen molar-refractivity contribution in [2.45, 2.75) is 103 Å². The lowest BCUT2D eigenvalue weighted by Crippen LogP contribution is -2.31. The van der Waals surface area contributed by atoms with Crippen LogP contribution in [0.2, 0.25) is 0 Å². The van der Waals surface area contributed by atoms with Gasteiger partial charge >= 0.3 is 0 Å². The lowest BCUT2D eigenvalue weighted by molar-refractivity contribution is -0.137. The fourth-order valence-corrected chi connectivity index (χ4v) is 5.02. The van der Waals surface area contributed by atoms with E-state index in [1.165, 1.54) is 69.8 Å². The zero-order chi connectivity index (χ0) is 18.9. The molecular weight excluding hydrogens is 332 g/mol. The summed E-state index contributed by atoms with van der Waals surface area (Å²) in [4.78, 5) is 0. The van der Waals surface area contributed by atoms with E-state index in [0.717, 1.165) is 24.9 Å². The van der Waals surface area contributed by atoms with E-state index in [9.17, 15) is 0 Å². The van der Waals surface area contributed by atoms with E-state index in [2.05, 4.69) is 38.1 Å². The van der Waals surface area contributed by atoms with Crippen molar-refractivity contribution in [3.05, 3.63) is 35.4 Å². The Morgan fingerprint density at radius 3 is 2.26 bits per heavy atom. The number of unbranched alkanes of at least 4 members (excludes halogenated alkanes) is 3. The smallest absolute Gasteiger partial charge is 0.106 e. The molecule has 4 unspecified atom stereocenters. The summed E-state index contributed by atoms with van der Waals surface area (Å²) < 4.78 is 12.2. The summed E-state index contributed by atoms with van der Waals surface area (Å²) in [6, 6.07) is 9.33. The van der Waals surface area contributed by atoms with Gasteiger partial charge in [0, 0.05) is 0 Å². The minimum Gasteiger partial charge on any atom is -0.373 e. The Hall–Kier alpha value is -0.860. The lowest BCUT2D eigenvalue weighted by Gasteiger charge is -2.33. The van der Waals surface area contributed by atoms with E-state index in [1.807, 2.05) is 0 Å². The molecule has 1 aliphatic carbocycles. The van der Waals surface area contributed by atoms with Crippen LogP contribution >= 0.6 is 0 Å². The number of hydrogen-bond acceptors (Lipinski definition) is 2. The molecule has 4 atom stereocenters. The average molecular weight is 373 g/mol. The van der Waals surface area contributed by atoms with E-state index in [1.54, 1.807) is 5.56 Å². The highest BCUT2D eigenvalue weighted by molar-refractivity contribution is 5.28. The van der Waals surface area contributed by atoms with Gasteiger partial charge in [-0.25, -0.2) is 0 Å². The van der Waals surface area contributed by atoms with Gasteiger partial charge in [0.05, 0.1) is 19.3 Å². The Kier molecular flexibility index (Phi) is 8.67. The molecule has 0 amide bonds. The van der Waals surface area contributed by atoms with Crippen LogP contribution in [0.4, 0.5) is 0 Å². The summed E-state index contributed by atoms with van der Waals surface area (Å²) in [6.07, 6.45) is 15.1. The molecule has 0 N–H and O–H groups in total. The molecule has 1 saturated carbocycles. The van der Waals surface area contributed by atoms with Crippen molar-refractivity contribution >= 4 is 0 Å². The second kappa shape index (κ2) is 11.2. The monoisotopic (exact) mass is 372 g/mol. The van der Waals surface area contributed by atoms with Gasteiger partial charge in [-0.05, 0) is 42.2 Å². The largest absolute Gasteiger partial charge is 0.373 e. The van der Waals surface area contributed by atoms with Crippen molar-refractivity contribution in [3.63, 3.8) is 0 Å². The minimum atomic E-state index is 0.115. The van der Waals surface area contributed by atoms with Crippen LogP contribution < -0.4 is 0 Å². The SMILES string of the molecule is CCCCCCC1COC(c2ccc(C3CCCCC3CCC)cc2)CO1. The summed E-state index contributed by atoms with van der Waals surface area (Å²) in [6.45, 7) is 6.04. The molecule has 2 heteroatoms. The van der Waals surface area contributed by atoms with Crippen LogP contribution in [-0.2, 0) is 9.47 Å². The van der Waals surface area contributed by atoms with Gasteiger partial charge in [-0.15, -0.1) is 0 Å². The van der Waals surface area contributed by atoms with Crippen LogP contribution in [0.25, 0.3) is 0 Å². The molecule has 2 nitrogen and oxygen atoms in total. The molecule has 2 fully saturated rings. The molecule has 1 saturated heterocycles. The molecule has 0 aromatic heterocycles. The van der Waals surface area contributed by atoms with Crippen LogP contribution in [0.3, 0.4) is 0 Å². The number of rotatable bonds is 9. The van der Waals surface area contributed by atoms with Crippen molar-refractivity contribution in [1.29, 1.82) is 0 Å². The van der Waals surface area contributed by atoms with Gasteiger partial charge in [-0.1, -0.05) is 89.5 Å².